The first kappa shape index (κ1) is 15.5. The van der Waals surface area contributed by atoms with Crippen LogP contribution >= 0.6 is 0 Å². The summed E-state index contributed by atoms with van der Waals surface area (Å²) in [6.45, 7) is 3.68. The average Bonchev–Trinajstić information content (AvgIpc) is 2.88. The topological polar surface area (TPSA) is 75.3 Å². The van der Waals surface area contributed by atoms with E-state index in [-0.39, 0.29) is 18.1 Å². The van der Waals surface area contributed by atoms with Gasteiger partial charge in [-0.05, 0) is 42.7 Å². The summed E-state index contributed by atoms with van der Waals surface area (Å²) in [6, 6.07) is 8.71. The fourth-order valence-electron chi connectivity index (χ4n) is 4.32. The van der Waals surface area contributed by atoms with Crippen LogP contribution in [0, 0.1) is 12.3 Å². The fraction of sp³-hybridized carbons (Fsp3) is 0.474. The van der Waals surface area contributed by atoms with Crippen molar-refractivity contribution in [2.24, 2.45) is 11.1 Å². The molecule has 24 heavy (non-hydrogen) atoms. The lowest BCUT2D eigenvalue weighted by atomic mass is 9.73. The maximum atomic E-state index is 9.56. The molecule has 5 nitrogen and oxygen atoms in total. The molecular weight excluding hydrogens is 300 g/mol. The molecule has 0 bridgehead atoms. The molecule has 1 saturated heterocycles. The SMILES string of the molecule is Cc1cnc(CO)c(N2CCC3(CC2)Cc2ccccc2[C@@H]3N)n1. The minimum atomic E-state index is -0.0742. The molecule has 2 aromatic rings. The van der Waals surface area contributed by atoms with E-state index in [1.54, 1.807) is 6.20 Å². The summed E-state index contributed by atoms with van der Waals surface area (Å²) in [7, 11) is 0. The molecule has 0 saturated carbocycles. The van der Waals surface area contributed by atoms with Crippen LogP contribution in [0.15, 0.2) is 30.5 Å². The van der Waals surface area contributed by atoms with Crippen LogP contribution in [0.25, 0.3) is 0 Å². The first-order valence-electron chi connectivity index (χ1n) is 8.65. The molecule has 4 rings (SSSR count). The van der Waals surface area contributed by atoms with Crippen LogP contribution < -0.4 is 10.6 Å². The van der Waals surface area contributed by atoms with Crippen molar-refractivity contribution in [1.29, 1.82) is 0 Å². The van der Waals surface area contributed by atoms with Gasteiger partial charge in [-0.1, -0.05) is 24.3 Å². The molecule has 1 spiro atoms. The Morgan fingerprint density at radius 3 is 2.75 bits per heavy atom. The second-order valence-electron chi connectivity index (χ2n) is 7.14. The smallest absolute Gasteiger partial charge is 0.153 e. The van der Waals surface area contributed by atoms with E-state index in [0.717, 1.165) is 43.9 Å². The van der Waals surface area contributed by atoms with Gasteiger partial charge in [0.05, 0.1) is 12.3 Å². The molecule has 2 aliphatic rings. The molecule has 1 aromatic carbocycles. The number of anilines is 1. The highest BCUT2D eigenvalue weighted by atomic mass is 16.3. The third-order valence-electron chi connectivity index (χ3n) is 5.75. The van der Waals surface area contributed by atoms with Gasteiger partial charge in [0, 0.05) is 25.3 Å². The fourth-order valence-corrected chi connectivity index (χ4v) is 4.32. The van der Waals surface area contributed by atoms with E-state index in [2.05, 4.69) is 39.1 Å². The number of hydrogen-bond acceptors (Lipinski definition) is 5. The highest BCUT2D eigenvalue weighted by Gasteiger charge is 2.46. The lowest BCUT2D eigenvalue weighted by Gasteiger charge is -2.43. The van der Waals surface area contributed by atoms with Gasteiger partial charge in [0.15, 0.2) is 5.82 Å². The van der Waals surface area contributed by atoms with E-state index in [1.807, 2.05) is 6.92 Å². The van der Waals surface area contributed by atoms with Crippen LogP contribution in [0.4, 0.5) is 5.82 Å². The Kier molecular flexibility index (Phi) is 3.77. The van der Waals surface area contributed by atoms with Crippen LogP contribution in [0.3, 0.4) is 0 Å². The highest BCUT2D eigenvalue weighted by Crippen LogP contribution is 2.50. The number of fused-ring (bicyclic) bond motifs is 1. The summed E-state index contributed by atoms with van der Waals surface area (Å²) in [5, 5.41) is 9.56. The number of aromatic nitrogens is 2. The predicted octanol–water partition coefficient (Wildman–Crippen LogP) is 2.12. The number of hydrogen-bond donors (Lipinski definition) is 2. The maximum absolute atomic E-state index is 9.56. The van der Waals surface area contributed by atoms with Crippen LogP contribution in [0.1, 0.15) is 41.4 Å². The molecule has 0 amide bonds. The number of aryl methyl sites for hydroxylation is 1. The number of aliphatic hydroxyl groups excluding tert-OH is 1. The van der Waals surface area contributed by atoms with Crippen LogP contribution in [-0.4, -0.2) is 28.2 Å². The molecule has 126 valence electrons. The minimum absolute atomic E-state index is 0.0742. The van der Waals surface area contributed by atoms with E-state index in [4.69, 9.17) is 5.73 Å². The van der Waals surface area contributed by atoms with Gasteiger partial charge in [-0.2, -0.15) is 0 Å². The van der Waals surface area contributed by atoms with E-state index in [1.165, 1.54) is 11.1 Å². The van der Waals surface area contributed by atoms with Gasteiger partial charge in [-0.3, -0.25) is 4.98 Å². The number of piperidine rings is 1. The van der Waals surface area contributed by atoms with E-state index < -0.39 is 0 Å². The standard InChI is InChI=1S/C19H24N4O/c1-13-11-21-16(12-24)18(22-13)23-8-6-19(7-9-23)10-14-4-2-3-5-15(14)17(19)20/h2-5,11,17,24H,6-10,12,20H2,1H3/t17-/m0/s1. The summed E-state index contributed by atoms with van der Waals surface area (Å²) in [4.78, 5) is 11.2. The Morgan fingerprint density at radius 2 is 2.04 bits per heavy atom. The van der Waals surface area contributed by atoms with Crippen molar-refractivity contribution in [1.82, 2.24) is 9.97 Å². The van der Waals surface area contributed by atoms with Gasteiger partial charge in [0.1, 0.15) is 5.69 Å². The lowest BCUT2D eigenvalue weighted by Crippen LogP contribution is -2.45. The van der Waals surface area contributed by atoms with Crippen molar-refractivity contribution in [2.75, 3.05) is 18.0 Å². The Balaban J connectivity index is 1.55. The van der Waals surface area contributed by atoms with Crippen LogP contribution in [-0.2, 0) is 13.0 Å². The van der Waals surface area contributed by atoms with Gasteiger partial charge >= 0.3 is 0 Å². The molecule has 1 aliphatic heterocycles. The van der Waals surface area contributed by atoms with Crippen molar-refractivity contribution in [2.45, 2.75) is 38.8 Å². The molecule has 1 aliphatic carbocycles. The second kappa shape index (κ2) is 5.83. The zero-order chi connectivity index (χ0) is 16.7. The molecular formula is C19H24N4O. The summed E-state index contributed by atoms with van der Waals surface area (Å²) < 4.78 is 0. The van der Waals surface area contributed by atoms with Gasteiger partial charge in [0.25, 0.3) is 0 Å². The van der Waals surface area contributed by atoms with E-state index >= 15 is 0 Å². The number of aliphatic hydroxyl groups is 1. The molecule has 5 heteroatoms. The molecule has 0 unspecified atom stereocenters. The van der Waals surface area contributed by atoms with Crippen molar-refractivity contribution in [3.8, 4) is 0 Å². The number of nitrogens with two attached hydrogens (primary N) is 1. The molecule has 3 N–H and O–H groups in total. The first-order chi connectivity index (χ1) is 11.6. The van der Waals surface area contributed by atoms with E-state index in [9.17, 15) is 5.11 Å². The van der Waals surface area contributed by atoms with Crippen molar-refractivity contribution in [3.05, 3.63) is 53.0 Å². The Hall–Kier alpha value is -1.98. The molecule has 0 radical (unpaired) electrons. The van der Waals surface area contributed by atoms with Crippen LogP contribution in [0.5, 0.6) is 0 Å². The van der Waals surface area contributed by atoms with Crippen molar-refractivity contribution >= 4 is 5.82 Å². The zero-order valence-corrected chi connectivity index (χ0v) is 14.1. The third kappa shape index (κ3) is 2.39. The lowest BCUT2D eigenvalue weighted by molar-refractivity contribution is 0.186. The maximum Gasteiger partial charge on any atom is 0.153 e. The van der Waals surface area contributed by atoms with Crippen molar-refractivity contribution in [3.63, 3.8) is 0 Å². The summed E-state index contributed by atoms with van der Waals surface area (Å²) in [5.41, 5.74) is 11.1. The number of benzene rings is 1. The monoisotopic (exact) mass is 324 g/mol. The molecule has 1 aromatic heterocycles. The largest absolute Gasteiger partial charge is 0.390 e. The summed E-state index contributed by atoms with van der Waals surface area (Å²) in [5.74, 6) is 0.830. The van der Waals surface area contributed by atoms with Crippen molar-refractivity contribution < 1.29 is 5.11 Å². The normalized spacial score (nSPS) is 22.0. The van der Waals surface area contributed by atoms with Gasteiger partial charge in [0.2, 0.25) is 0 Å². The van der Waals surface area contributed by atoms with Gasteiger partial charge in [-0.25, -0.2) is 4.98 Å². The Bertz CT molecular complexity index is 753. The predicted molar refractivity (Wildman–Crippen MR) is 93.6 cm³/mol. The number of rotatable bonds is 2. The molecule has 1 atom stereocenters. The first-order valence-corrected chi connectivity index (χ1v) is 8.65. The second-order valence-corrected chi connectivity index (χ2v) is 7.14. The molecule has 1 fully saturated rings. The third-order valence-corrected chi connectivity index (χ3v) is 5.75. The minimum Gasteiger partial charge on any atom is -0.390 e. The van der Waals surface area contributed by atoms with Gasteiger partial charge in [-0.15, -0.1) is 0 Å². The summed E-state index contributed by atoms with van der Waals surface area (Å²) in [6.07, 6.45) is 4.88. The number of nitrogens with zero attached hydrogens (tertiary/aromatic N) is 3. The zero-order valence-electron chi connectivity index (χ0n) is 14.1. The Morgan fingerprint density at radius 1 is 1.29 bits per heavy atom. The van der Waals surface area contributed by atoms with Crippen LogP contribution in [0.2, 0.25) is 0 Å². The summed E-state index contributed by atoms with van der Waals surface area (Å²) >= 11 is 0. The Labute approximate surface area is 142 Å². The van der Waals surface area contributed by atoms with E-state index in [0.29, 0.717) is 5.69 Å². The molecule has 2 heterocycles. The van der Waals surface area contributed by atoms with Gasteiger partial charge < -0.3 is 15.7 Å². The average molecular weight is 324 g/mol. The quantitative estimate of drug-likeness (QED) is 0.885. The highest BCUT2D eigenvalue weighted by molar-refractivity contribution is 5.45.